The number of para-hydroxylation sites is 4. The van der Waals surface area contributed by atoms with Crippen molar-refractivity contribution in [3.05, 3.63) is 246 Å². The van der Waals surface area contributed by atoms with Crippen molar-refractivity contribution in [1.82, 2.24) is 9.55 Å². The smallest absolute Gasteiger partial charge is 0.135 e. The molecule has 0 aliphatic carbocycles. The molecular formula is C76H69F2N4OPt-3. The van der Waals surface area contributed by atoms with Gasteiger partial charge < -0.3 is 19.1 Å². The van der Waals surface area contributed by atoms with Crippen LogP contribution in [0.5, 0.6) is 11.5 Å². The molecule has 2 aromatic heterocycles. The van der Waals surface area contributed by atoms with Crippen LogP contribution in [0.15, 0.2) is 188 Å². The van der Waals surface area contributed by atoms with Gasteiger partial charge in [-0.05, 0) is 133 Å². The summed E-state index contributed by atoms with van der Waals surface area (Å²) in [5.74, 6) is 1.40. The van der Waals surface area contributed by atoms with Crippen molar-refractivity contribution in [1.29, 1.82) is 0 Å². The summed E-state index contributed by atoms with van der Waals surface area (Å²) >= 11 is 0. The molecule has 84 heavy (non-hydrogen) atoms. The molecule has 5 nitrogen and oxygen atoms in total. The van der Waals surface area contributed by atoms with E-state index in [1.165, 1.54) is 45.5 Å². The molecule has 0 saturated carbocycles. The van der Waals surface area contributed by atoms with Gasteiger partial charge >= 0.3 is 0 Å². The van der Waals surface area contributed by atoms with Crippen molar-refractivity contribution in [2.75, 3.05) is 9.80 Å². The molecule has 0 bridgehead atoms. The molecule has 0 unspecified atom stereocenters. The average Bonchev–Trinajstić information content (AvgIpc) is 1.96. The summed E-state index contributed by atoms with van der Waals surface area (Å²) in [6.45, 7) is 26.7. The number of pyridine rings is 1. The van der Waals surface area contributed by atoms with E-state index in [0.717, 1.165) is 84.3 Å². The number of ether oxygens (including phenoxy) is 1. The second-order valence-electron chi connectivity index (χ2n) is 24.4. The fraction of sp³-hybridized carbons (Fsp3) is 0.211. The molecule has 11 aromatic rings. The molecule has 0 spiro atoms. The van der Waals surface area contributed by atoms with Crippen molar-refractivity contribution in [3.63, 3.8) is 0 Å². The predicted octanol–water partition coefficient (Wildman–Crippen LogP) is 21.7. The Bertz CT molecular complexity index is 4190. The molecule has 426 valence electrons. The van der Waals surface area contributed by atoms with Crippen molar-refractivity contribution in [2.45, 2.75) is 105 Å². The molecule has 9 aromatic carbocycles. The molecule has 0 fully saturated rings. The summed E-state index contributed by atoms with van der Waals surface area (Å²) < 4.78 is 40.3. The van der Waals surface area contributed by atoms with Gasteiger partial charge in [-0.1, -0.05) is 191 Å². The number of hydrogen-bond acceptors (Lipinski definition) is 4. The molecule has 12 rings (SSSR count). The van der Waals surface area contributed by atoms with E-state index in [1.807, 2.05) is 36.5 Å². The van der Waals surface area contributed by atoms with E-state index >= 15 is 8.78 Å². The minimum absolute atomic E-state index is 0. The Morgan fingerprint density at radius 3 is 1.74 bits per heavy atom. The molecule has 8 heteroatoms. The van der Waals surface area contributed by atoms with E-state index < -0.39 is 11.6 Å². The first-order valence-corrected chi connectivity index (χ1v) is 29.1. The molecular weight excluding hydrogens is 1220 g/mol. The average molecular weight is 1290 g/mol. The van der Waals surface area contributed by atoms with Crippen LogP contribution in [0, 0.1) is 30.4 Å². The van der Waals surface area contributed by atoms with Crippen LogP contribution in [0.25, 0.3) is 72.1 Å². The number of nitrogens with zero attached hydrogens (tertiary/aromatic N) is 4. The Labute approximate surface area is 508 Å². The van der Waals surface area contributed by atoms with Crippen molar-refractivity contribution < 1.29 is 34.6 Å². The first-order valence-electron chi connectivity index (χ1n) is 29.1. The zero-order valence-corrected chi connectivity index (χ0v) is 51.8. The molecule has 1 aliphatic heterocycles. The van der Waals surface area contributed by atoms with E-state index in [2.05, 4.69) is 243 Å². The van der Waals surface area contributed by atoms with Crippen LogP contribution in [-0.2, 0) is 26.5 Å². The minimum atomic E-state index is -0.644. The minimum Gasteiger partial charge on any atom is -0.509 e. The Kier molecular flexibility index (Phi) is 15.9. The zero-order chi connectivity index (χ0) is 58.0. The molecule has 3 heterocycles. The topological polar surface area (TPSA) is 33.5 Å². The van der Waals surface area contributed by atoms with Crippen LogP contribution in [0.1, 0.15) is 128 Å². The van der Waals surface area contributed by atoms with Gasteiger partial charge in [0.25, 0.3) is 0 Å². The van der Waals surface area contributed by atoms with E-state index in [-0.39, 0.29) is 50.2 Å². The fourth-order valence-corrected chi connectivity index (χ4v) is 11.8. The Morgan fingerprint density at radius 2 is 1.11 bits per heavy atom. The monoisotopic (exact) mass is 1290 g/mol. The molecule has 1 aliphatic rings. The molecule has 0 N–H and O–H groups in total. The van der Waals surface area contributed by atoms with Crippen LogP contribution in [-0.4, -0.2) is 9.55 Å². The van der Waals surface area contributed by atoms with Gasteiger partial charge in [-0.15, -0.1) is 53.6 Å². The molecule has 0 saturated heterocycles. The van der Waals surface area contributed by atoms with Gasteiger partial charge in [0.1, 0.15) is 17.5 Å². The summed E-state index contributed by atoms with van der Waals surface area (Å²) in [5.41, 5.74) is 18.7. The number of anilines is 4. The summed E-state index contributed by atoms with van der Waals surface area (Å²) in [5, 5.41) is 2.13. The van der Waals surface area contributed by atoms with Gasteiger partial charge in [0.15, 0.2) is 0 Å². The molecule has 0 radical (unpaired) electrons. The Balaban J connectivity index is 0.00000736. The van der Waals surface area contributed by atoms with E-state index in [9.17, 15) is 0 Å². The number of aromatic nitrogens is 2. The maximum Gasteiger partial charge on any atom is 0.135 e. The zero-order valence-electron chi connectivity index (χ0n) is 49.6. The Hall–Kier alpha value is -8.12. The maximum absolute atomic E-state index is 15.5. The van der Waals surface area contributed by atoms with E-state index in [4.69, 9.17) is 9.72 Å². The first-order chi connectivity index (χ1) is 39.9. The summed E-state index contributed by atoms with van der Waals surface area (Å²) in [6, 6.07) is 69.0. The fourth-order valence-electron chi connectivity index (χ4n) is 11.8. The standard InChI is InChI=1S/C76H69F2N4O.Pt/c1-46(2)51-32-52(47(3)4)34-54(33-51)63-23-19-24-64(55-35-58(77)42-59(78)36-55)75(63)81-45-80(70-26-17-18-27-71(70)81)60-37-56(74-67(48(5)6)39-53(40-68(74)49(7)8)50-20-13-12-14-21-50)38-62(43-60)83-61-28-29-66-65-22-15-16-25-69(65)82(72(66)44-61)73-41-57(30-31-79-73)76(9,10)11;/h12-42,45-49H,1-11H3;/q-3;. The SMILES string of the molecule is CC(C)c1cc(-c2cccc(-c3cc(F)cc(F)c3)c2N2[CH-]N(c3[c-]c(Oc4[c-]c5c(cc4)c4ccccc4n5-c4cc(C(C)(C)C)ccn4)cc(-c4c(C(C)C)cc(-c5ccccc5)cc4C(C)C)c3)c3ccccc32)cc(C(C)C)c1.[Pt]. The summed E-state index contributed by atoms with van der Waals surface area (Å²) in [7, 11) is 0. The van der Waals surface area contributed by atoms with Crippen molar-refractivity contribution in [3.8, 4) is 61.8 Å². The van der Waals surface area contributed by atoms with E-state index in [0.29, 0.717) is 22.6 Å². The second-order valence-corrected chi connectivity index (χ2v) is 24.4. The third-order valence-electron chi connectivity index (χ3n) is 16.3. The third-order valence-corrected chi connectivity index (χ3v) is 16.3. The van der Waals surface area contributed by atoms with Crippen LogP contribution in [0.3, 0.4) is 0 Å². The third kappa shape index (κ3) is 11.0. The number of halogens is 2. The predicted molar refractivity (Wildman–Crippen MR) is 341 cm³/mol. The van der Waals surface area contributed by atoms with Crippen LogP contribution in [0.2, 0.25) is 0 Å². The van der Waals surface area contributed by atoms with Gasteiger partial charge in [-0.25, -0.2) is 13.8 Å². The van der Waals surface area contributed by atoms with Crippen molar-refractivity contribution in [2.24, 2.45) is 0 Å². The number of hydrogen-bond donors (Lipinski definition) is 0. The summed E-state index contributed by atoms with van der Waals surface area (Å²) in [4.78, 5) is 9.30. The van der Waals surface area contributed by atoms with Gasteiger partial charge in [0.05, 0.1) is 0 Å². The number of fused-ring (bicyclic) bond motifs is 4. The largest absolute Gasteiger partial charge is 0.509 e. The Morgan fingerprint density at radius 1 is 0.500 bits per heavy atom. The molecule has 0 amide bonds. The van der Waals surface area contributed by atoms with Gasteiger partial charge in [-0.2, -0.15) is 6.07 Å². The second kappa shape index (κ2) is 23.1. The first kappa shape index (κ1) is 57.7. The van der Waals surface area contributed by atoms with Crippen LogP contribution in [0.4, 0.5) is 31.5 Å². The van der Waals surface area contributed by atoms with Gasteiger partial charge in [0, 0.05) is 78.5 Å². The van der Waals surface area contributed by atoms with Gasteiger partial charge in [0.2, 0.25) is 0 Å². The molecule has 0 atom stereocenters. The summed E-state index contributed by atoms with van der Waals surface area (Å²) in [6.07, 6.45) is 1.89. The number of rotatable bonds is 13. The quantitative estimate of drug-likeness (QED) is 0.108. The number of benzene rings is 9. The van der Waals surface area contributed by atoms with Crippen molar-refractivity contribution >= 4 is 44.6 Å². The van der Waals surface area contributed by atoms with Crippen LogP contribution < -0.4 is 14.5 Å². The van der Waals surface area contributed by atoms with E-state index in [1.54, 1.807) is 0 Å². The van der Waals surface area contributed by atoms with Crippen LogP contribution >= 0.6 is 0 Å². The normalized spacial score (nSPS) is 12.6. The maximum atomic E-state index is 15.5. The van der Waals surface area contributed by atoms with Gasteiger partial charge in [-0.3, -0.25) is 0 Å².